The van der Waals surface area contributed by atoms with Crippen molar-refractivity contribution in [3.05, 3.63) is 0 Å². The first-order valence-corrected chi connectivity index (χ1v) is 6.68. The maximum Gasteiger partial charge on any atom is 0.222 e. The van der Waals surface area contributed by atoms with Gasteiger partial charge in [-0.2, -0.15) is 0 Å². The van der Waals surface area contributed by atoms with Crippen LogP contribution in [0.3, 0.4) is 0 Å². The van der Waals surface area contributed by atoms with Gasteiger partial charge in [0.1, 0.15) is 0 Å². The van der Waals surface area contributed by atoms with Gasteiger partial charge in [0.05, 0.1) is 0 Å². The summed E-state index contributed by atoms with van der Waals surface area (Å²) >= 11 is 0. The lowest BCUT2D eigenvalue weighted by molar-refractivity contribution is -0.124. The third-order valence-corrected chi connectivity index (χ3v) is 2.00. The average molecular weight is 246 g/mol. The summed E-state index contributed by atoms with van der Waals surface area (Å²) in [6, 6.07) is 0. The van der Waals surface area contributed by atoms with E-state index < -0.39 is 0 Å². The quantitative estimate of drug-likeness (QED) is 0.610. The third-order valence-electron chi connectivity index (χ3n) is 2.00. The molecular formula is C13H30N2O2. The van der Waals surface area contributed by atoms with E-state index in [1.54, 1.807) is 0 Å². The van der Waals surface area contributed by atoms with Crippen LogP contribution < -0.4 is 10.6 Å². The summed E-state index contributed by atoms with van der Waals surface area (Å²) in [5, 5.41) is 5.91. The van der Waals surface area contributed by atoms with Crippen molar-refractivity contribution in [3.63, 3.8) is 0 Å². The lowest BCUT2D eigenvalue weighted by atomic mass is 10.2. The number of carbonyl (C=O) groups is 1. The molecule has 0 aromatic heterocycles. The Labute approximate surface area is 106 Å². The number of rotatable bonds is 9. The van der Waals surface area contributed by atoms with Gasteiger partial charge in [0.2, 0.25) is 5.91 Å². The van der Waals surface area contributed by atoms with Gasteiger partial charge >= 0.3 is 0 Å². The molecule has 0 unspecified atom stereocenters. The highest BCUT2D eigenvalue weighted by atomic mass is 16.5. The molecule has 17 heavy (non-hydrogen) atoms. The fourth-order valence-corrected chi connectivity index (χ4v) is 1.04. The van der Waals surface area contributed by atoms with E-state index in [0.29, 0.717) is 6.54 Å². The molecule has 0 aromatic rings. The van der Waals surface area contributed by atoms with Crippen LogP contribution in [0.5, 0.6) is 0 Å². The van der Waals surface area contributed by atoms with E-state index >= 15 is 0 Å². The Hall–Kier alpha value is -0.610. The second-order valence-corrected chi connectivity index (χ2v) is 3.87. The van der Waals surface area contributed by atoms with E-state index in [-0.39, 0.29) is 11.8 Å². The van der Waals surface area contributed by atoms with E-state index in [2.05, 4.69) is 10.6 Å². The Morgan fingerprint density at radius 1 is 1.12 bits per heavy atom. The van der Waals surface area contributed by atoms with Crippen LogP contribution in [0.15, 0.2) is 0 Å². The first-order chi connectivity index (χ1) is 8.18. The lowest BCUT2D eigenvalue weighted by Gasteiger charge is -2.07. The molecule has 4 nitrogen and oxygen atoms in total. The van der Waals surface area contributed by atoms with Crippen molar-refractivity contribution >= 4 is 5.91 Å². The second-order valence-electron chi connectivity index (χ2n) is 3.87. The molecule has 104 valence electrons. The summed E-state index contributed by atoms with van der Waals surface area (Å²) in [4.78, 5) is 11.2. The van der Waals surface area contributed by atoms with E-state index in [1.807, 2.05) is 34.7 Å². The van der Waals surface area contributed by atoms with Gasteiger partial charge in [-0.1, -0.05) is 27.7 Å². The summed E-state index contributed by atoms with van der Waals surface area (Å²) in [6.07, 6.45) is 1.92. The van der Waals surface area contributed by atoms with Gasteiger partial charge in [-0.05, 0) is 26.4 Å². The Bertz CT molecular complexity index is 161. The van der Waals surface area contributed by atoms with E-state index in [9.17, 15) is 4.79 Å². The van der Waals surface area contributed by atoms with Crippen LogP contribution in [-0.4, -0.2) is 39.3 Å². The van der Waals surface area contributed by atoms with Crippen molar-refractivity contribution < 1.29 is 9.53 Å². The first-order valence-electron chi connectivity index (χ1n) is 6.68. The number of ether oxygens (including phenoxy) is 1. The van der Waals surface area contributed by atoms with Crippen molar-refractivity contribution in [1.82, 2.24) is 10.6 Å². The van der Waals surface area contributed by atoms with Crippen LogP contribution in [0.4, 0.5) is 0 Å². The highest BCUT2D eigenvalue weighted by Crippen LogP contribution is 1.91. The predicted molar refractivity (Wildman–Crippen MR) is 73.2 cm³/mol. The van der Waals surface area contributed by atoms with Crippen LogP contribution in [0, 0.1) is 5.92 Å². The maximum absolute atomic E-state index is 11.2. The van der Waals surface area contributed by atoms with Gasteiger partial charge in [0.15, 0.2) is 0 Å². The molecule has 0 aliphatic heterocycles. The largest absolute Gasteiger partial charge is 0.381 e. The maximum atomic E-state index is 11.2. The number of carbonyl (C=O) groups excluding carboxylic acids is 1. The van der Waals surface area contributed by atoms with Crippen molar-refractivity contribution in [2.45, 2.75) is 40.5 Å². The van der Waals surface area contributed by atoms with Gasteiger partial charge in [-0.25, -0.2) is 0 Å². The first kappa shape index (κ1) is 18.7. The van der Waals surface area contributed by atoms with E-state index in [1.165, 1.54) is 0 Å². The van der Waals surface area contributed by atoms with Crippen LogP contribution in [0.2, 0.25) is 0 Å². The SMILES string of the molecule is CC.CNCCCOCCCNC(=O)C(C)C. The third kappa shape index (κ3) is 15.4. The fraction of sp³-hybridized carbons (Fsp3) is 0.923. The lowest BCUT2D eigenvalue weighted by Crippen LogP contribution is -2.29. The molecule has 0 heterocycles. The van der Waals surface area contributed by atoms with Gasteiger partial charge in [0, 0.05) is 25.7 Å². The molecule has 0 atom stereocenters. The normalized spacial score (nSPS) is 9.76. The highest BCUT2D eigenvalue weighted by Gasteiger charge is 2.04. The molecule has 0 spiro atoms. The van der Waals surface area contributed by atoms with Crippen molar-refractivity contribution in [2.75, 3.05) is 33.4 Å². The minimum Gasteiger partial charge on any atom is -0.381 e. The summed E-state index contributed by atoms with van der Waals surface area (Å²) in [5.41, 5.74) is 0. The van der Waals surface area contributed by atoms with Crippen molar-refractivity contribution in [2.24, 2.45) is 5.92 Å². The summed E-state index contributed by atoms with van der Waals surface area (Å²) < 4.78 is 5.39. The second kappa shape index (κ2) is 15.4. The summed E-state index contributed by atoms with van der Waals surface area (Å²) in [7, 11) is 1.93. The molecule has 2 N–H and O–H groups in total. The minimum atomic E-state index is 0.0709. The molecule has 0 aliphatic carbocycles. The fourth-order valence-electron chi connectivity index (χ4n) is 1.04. The Morgan fingerprint density at radius 3 is 2.12 bits per heavy atom. The van der Waals surface area contributed by atoms with Gasteiger partial charge in [-0.15, -0.1) is 0 Å². The van der Waals surface area contributed by atoms with Gasteiger partial charge in [-0.3, -0.25) is 4.79 Å². The standard InChI is InChI=1S/C11H24N2O2.C2H6/c1-10(2)11(14)13-7-5-9-15-8-4-6-12-3;1-2/h10,12H,4-9H2,1-3H3,(H,13,14);1-2H3. The average Bonchev–Trinajstić information content (AvgIpc) is 2.34. The predicted octanol–water partition coefficient (Wildman–Crippen LogP) is 1.80. The van der Waals surface area contributed by atoms with Crippen molar-refractivity contribution in [3.8, 4) is 0 Å². The minimum absolute atomic E-state index is 0.0709. The summed E-state index contributed by atoms with van der Waals surface area (Å²) in [6.45, 7) is 11.0. The molecule has 0 bridgehead atoms. The number of hydrogen-bond acceptors (Lipinski definition) is 3. The monoisotopic (exact) mass is 246 g/mol. The Kier molecular flexibility index (Phi) is 17.0. The Morgan fingerprint density at radius 2 is 1.65 bits per heavy atom. The molecular weight excluding hydrogens is 216 g/mol. The smallest absolute Gasteiger partial charge is 0.222 e. The molecule has 0 aromatic carbocycles. The molecule has 0 radical (unpaired) electrons. The van der Waals surface area contributed by atoms with Crippen LogP contribution in [0.1, 0.15) is 40.5 Å². The number of nitrogens with one attached hydrogen (secondary N) is 2. The van der Waals surface area contributed by atoms with E-state index in [4.69, 9.17) is 4.74 Å². The number of amides is 1. The zero-order valence-electron chi connectivity index (χ0n) is 12.1. The molecule has 0 saturated carbocycles. The molecule has 0 saturated heterocycles. The zero-order chi connectivity index (χ0) is 13.5. The highest BCUT2D eigenvalue weighted by molar-refractivity contribution is 5.77. The van der Waals surface area contributed by atoms with Gasteiger partial charge in [0.25, 0.3) is 0 Å². The number of hydrogen-bond donors (Lipinski definition) is 2. The molecule has 4 heteroatoms. The zero-order valence-corrected chi connectivity index (χ0v) is 12.1. The topological polar surface area (TPSA) is 50.4 Å². The molecule has 0 fully saturated rings. The van der Waals surface area contributed by atoms with Crippen LogP contribution >= 0.6 is 0 Å². The summed E-state index contributed by atoms with van der Waals surface area (Å²) in [5.74, 6) is 0.187. The van der Waals surface area contributed by atoms with Gasteiger partial charge < -0.3 is 15.4 Å². The molecule has 0 aliphatic rings. The van der Waals surface area contributed by atoms with Crippen LogP contribution in [0.25, 0.3) is 0 Å². The van der Waals surface area contributed by atoms with Crippen molar-refractivity contribution in [1.29, 1.82) is 0 Å². The van der Waals surface area contributed by atoms with E-state index in [0.717, 1.165) is 32.6 Å². The molecule has 1 amide bonds. The van der Waals surface area contributed by atoms with Crippen LogP contribution in [-0.2, 0) is 9.53 Å². The molecule has 0 rings (SSSR count). The Balaban J connectivity index is 0.